The Hall–Kier alpha value is -3.34. The fraction of sp³-hybridized carbons (Fsp3) is 0.379. The number of carbonyl (C=O) groups is 2. The van der Waals surface area contributed by atoms with Crippen LogP contribution in [0.4, 0.5) is 0 Å². The van der Waals surface area contributed by atoms with Crippen LogP contribution in [-0.4, -0.2) is 39.3 Å². The molecular formula is C29H37N3O2. The van der Waals surface area contributed by atoms with Crippen LogP contribution < -0.4 is 0 Å². The smallest absolute Gasteiger partial charge is 0.254 e. The van der Waals surface area contributed by atoms with Crippen molar-refractivity contribution in [2.24, 2.45) is 7.05 Å². The van der Waals surface area contributed by atoms with E-state index in [2.05, 4.69) is 6.92 Å². The van der Waals surface area contributed by atoms with E-state index in [0.29, 0.717) is 25.2 Å². The van der Waals surface area contributed by atoms with Crippen molar-refractivity contribution < 1.29 is 9.59 Å². The van der Waals surface area contributed by atoms with E-state index in [1.54, 1.807) is 4.90 Å². The van der Waals surface area contributed by atoms with Gasteiger partial charge in [0.25, 0.3) is 5.91 Å². The number of aryl methyl sites for hydroxylation is 2. The van der Waals surface area contributed by atoms with Crippen molar-refractivity contribution in [1.29, 1.82) is 0 Å². The molecule has 0 aliphatic heterocycles. The second kappa shape index (κ2) is 12.8. The molecule has 2 amide bonds. The minimum Gasteiger partial charge on any atom is -0.353 e. The lowest BCUT2D eigenvalue weighted by molar-refractivity contribution is -0.133. The molecule has 3 aromatic rings. The summed E-state index contributed by atoms with van der Waals surface area (Å²) in [5, 5.41) is 0. The zero-order chi connectivity index (χ0) is 24.3. The van der Waals surface area contributed by atoms with Gasteiger partial charge in [-0.3, -0.25) is 9.59 Å². The monoisotopic (exact) mass is 459 g/mol. The predicted molar refractivity (Wildman–Crippen MR) is 137 cm³/mol. The highest BCUT2D eigenvalue weighted by atomic mass is 16.2. The molecule has 34 heavy (non-hydrogen) atoms. The molecule has 0 unspecified atom stereocenters. The molecule has 0 saturated carbocycles. The van der Waals surface area contributed by atoms with Crippen molar-refractivity contribution in [3.8, 4) is 0 Å². The van der Waals surface area contributed by atoms with Crippen molar-refractivity contribution in [3.05, 3.63) is 95.3 Å². The second-order valence-electron chi connectivity index (χ2n) is 8.87. The molecule has 5 heteroatoms. The highest BCUT2D eigenvalue weighted by molar-refractivity contribution is 5.96. The van der Waals surface area contributed by atoms with Crippen molar-refractivity contribution in [1.82, 2.24) is 14.4 Å². The average Bonchev–Trinajstić information content (AvgIpc) is 3.26. The van der Waals surface area contributed by atoms with Gasteiger partial charge in [-0.05, 0) is 54.7 Å². The van der Waals surface area contributed by atoms with Gasteiger partial charge < -0.3 is 14.4 Å². The first-order valence-corrected chi connectivity index (χ1v) is 12.3. The van der Waals surface area contributed by atoms with Gasteiger partial charge in [-0.2, -0.15) is 0 Å². The van der Waals surface area contributed by atoms with Crippen LogP contribution in [0, 0.1) is 0 Å². The SMILES string of the molecule is CCCCc1ccc(C(=O)N(CCC)CC(=O)N(Cc2ccccc2)Cc2cccn2C)cc1. The van der Waals surface area contributed by atoms with Gasteiger partial charge in [0.05, 0.1) is 6.54 Å². The Morgan fingerprint density at radius 1 is 0.794 bits per heavy atom. The molecule has 0 saturated heterocycles. The average molecular weight is 460 g/mol. The standard InChI is InChI=1S/C29H37N3O2/c1-4-6-11-24-15-17-26(18-16-24)29(34)31(19-5-2)23-28(33)32(21-25-12-8-7-9-13-25)22-27-14-10-20-30(27)3/h7-10,12-18,20H,4-6,11,19,21-23H2,1-3H3. The molecule has 0 aliphatic rings. The van der Waals surface area contributed by atoms with Crippen LogP contribution in [0.2, 0.25) is 0 Å². The van der Waals surface area contributed by atoms with E-state index in [1.165, 1.54) is 5.56 Å². The summed E-state index contributed by atoms with van der Waals surface area (Å²) in [6.07, 6.45) is 6.09. The number of rotatable bonds is 12. The Kier molecular flexibility index (Phi) is 9.51. The lowest BCUT2D eigenvalue weighted by Crippen LogP contribution is -2.43. The summed E-state index contributed by atoms with van der Waals surface area (Å²) in [5.74, 6) is -0.137. The Bertz CT molecular complexity index is 1040. The van der Waals surface area contributed by atoms with Crippen molar-refractivity contribution in [2.45, 2.75) is 52.6 Å². The zero-order valence-electron chi connectivity index (χ0n) is 20.7. The molecule has 0 atom stereocenters. The van der Waals surface area contributed by atoms with Gasteiger partial charge in [-0.1, -0.05) is 62.7 Å². The fourth-order valence-electron chi connectivity index (χ4n) is 4.06. The maximum atomic E-state index is 13.5. The fourth-order valence-corrected chi connectivity index (χ4v) is 4.06. The molecule has 2 aromatic carbocycles. The van der Waals surface area contributed by atoms with Crippen LogP contribution in [0.1, 0.15) is 60.3 Å². The van der Waals surface area contributed by atoms with Gasteiger partial charge in [-0.15, -0.1) is 0 Å². The predicted octanol–water partition coefficient (Wildman–Crippen LogP) is 5.45. The summed E-state index contributed by atoms with van der Waals surface area (Å²) in [7, 11) is 1.98. The number of hydrogen-bond donors (Lipinski definition) is 0. The number of carbonyl (C=O) groups excluding carboxylic acids is 2. The van der Waals surface area contributed by atoms with Gasteiger partial charge in [0.1, 0.15) is 6.54 Å². The van der Waals surface area contributed by atoms with Gasteiger partial charge >= 0.3 is 0 Å². The van der Waals surface area contributed by atoms with E-state index in [4.69, 9.17) is 0 Å². The summed E-state index contributed by atoms with van der Waals surface area (Å²) in [4.78, 5) is 30.3. The molecule has 0 spiro atoms. The quantitative estimate of drug-likeness (QED) is 0.362. The molecule has 0 N–H and O–H groups in total. The Morgan fingerprint density at radius 2 is 1.53 bits per heavy atom. The van der Waals surface area contributed by atoms with E-state index < -0.39 is 0 Å². The highest BCUT2D eigenvalue weighted by Gasteiger charge is 2.23. The topological polar surface area (TPSA) is 45.6 Å². The van der Waals surface area contributed by atoms with E-state index >= 15 is 0 Å². The Labute approximate surface area is 204 Å². The number of amides is 2. The number of benzene rings is 2. The lowest BCUT2D eigenvalue weighted by atomic mass is 10.1. The molecule has 1 aromatic heterocycles. The Morgan fingerprint density at radius 3 is 2.15 bits per heavy atom. The lowest BCUT2D eigenvalue weighted by Gasteiger charge is -2.28. The first kappa shape index (κ1) is 25.3. The normalized spacial score (nSPS) is 10.8. The van der Waals surface area contributed by atoms with Crippen LogP contribution >= 0.6 is 0 Å². The van der Waals surface area contributed by atoms with Crippen molar-refractivity contribution in [2.75, 3.05) is 13.1 Å². The molecule has 3 rings (SSSR count). The molecule has 0 aliphatic carbocycles. The third-order valence-corrected chi connectivity index (χ3v) is 6.10. The third kappa shape index (κ3) is 7.08. The van der Waals surface area contributed by atoms with Crippen LogP contribution in [0.3, 0.4) is 0 Å². The summed E-state index contributed by atoms with van der Waals surface area (Å²) in [5.41, 5.74) is 4.01. The van der Waals surface area contributed by atoms with Crippen LogP contribution in [-0.2, 0) is 31.4 Å². The maximum Gasteiger partial charge on any atom is 0.254 e. The molecule has 0 radical (unpaired) electrons. The minimum atomic E-state index is -0.0873. The van der Waals surface area contributed by atoms with Gasteiger partial charge in [0.15, 0.2) is 0 Å². The van der Waals surface area contributed by atoms with E-state index in [0.717, 1.165) is 36.9 Å². The molecule has 5 nitrogen and oxygen atoms in total. The summed E-state index contributed by atoms with van der Waals surface area (Å²) < 4.78 is 2.03. The molecule has 1 heterocycles. The largest absolute Gasteiger partial charge is 0.353 e. The van der Waals surface area contributed by atoms with E-state index in [1.807, 2.05) is 96.4 Å². The van der Waals surface area contributed by atoms with E-state index in [-0.39, 0.29) is 18.4 Å². The number of nitrogens with zero attached hydrogens (tertiary/aromatic N) is 3. The first-order valence-electron chi connectivity index (χ1n) is 12.3. The molecule has 0 bridgehead atoms. The van der Waals surface area contributed by atoms with Crippen LogP contribution in [0.5, 0.6) is 0 Å². The van der Waals surface area contributed by atoms with Crippen LogP contribution in [0.15, 0.2) is 72.9 Å². The van der Waals surface area contributed by atoms with Gasteiger partial charge in [0.2, 0.25) is 5.91 Å². The van der Waals surface area contributed by atoms with Crippen molar-refractivity contribution in [3.63, 3.8) is 0 Å². The van der Waals surface area contributed by atoms with Gasteiger partial charge in [0, 0.05) is 37.6 Å². The maximum absolute atomic E-state index is 13.5. The molecule has 180 valence electrons. The molecular weight excluding hydrogens is 422 g/mol. The summed E-state index contributed by atoms with van der Waals surface area (Å²) in [6, 6.07) is 21.9. The highest BCUT2D eigenvalue weighted by Crippen LogP contribution is 2.14. The number of unbranched alkanes of at least 4 members (excludes halogenated alkanes) is 1. The van der Waals surface area contributed by atoms with E-state index in [9.17, 15) is 9.59 Å². The first-order chi connectivity index (χ1) is 16.5. The van der Waals surface area contributed by atoms with Crippen molar-refractivity contribution >= 4 is 11.8 Å². The minimum absolute atomic E-state index is 0.0496. The van der Waals surface area contributed by atoms with Gasteiger partial charge in [-0.25, -0.2) is 0 Å². The number of aromatic nitrogens is 1. The zero-order valence-corrected chi connectivity index (χ0v) is 20.7. The summed E-state index contributed by atoms with van der Waals surface area (Å²) in [6.45, 7) is 5.83. The molecule has 0 fully saturated rings. The Balaban J connectivity index is 1.75. The third-order valence-electron chi connectivity index (χ3n) is 6.10. The van der Waals surface area contributed by atoms with Crippen LogP contribution in [0.25, 0.3) is 0 Å². The summed E-state index contributed by atoms with van der Waals surface area (Å²) >= 11 is 0. The second-order valence-corrected chi connectivity index (χ2v) is 8.87. The number of hydrogen-bond acceptors (Lipinski definition) is 2.